The molecule has 5 nitrogen and oxygen atoms in total. The van der Waals surface area contributed by atoms with Crippen molar-refractivity contribution in [3.05, 3.63) is 53.0 Å². The number of para-hydroxylation sites is 2. The summed E-state index contributed by atoms with van der Waals surface area (Å²) in [5.74, 6) is 0.199. The van der Waals surface area contributed by atoms with Crippen LogP contribution >= 0.6 is 15.9 Å². The molecule has 1 fully saturated rings. The van der Waals surface area contributed by atoms with Gasteiger partial charge in [0.25, 0.3) is 5.91 Å². The van der Waals surface area contributed by atoms with Gasteiger partial charge in [0.2, 0.25) is 5.91 Å². The van der Waals surface area contributed by atoms with Crippen molar-refractivity contribution in [2.45, 2.75) is 19.4 Å². The van der Waals surface area contributed by atoms with Gasteiger partial charge >= 0.3 is 0 Å². The molecule has 0 aliphatic carbocycles. The SMILES string of the molecule is CCOc1ccccc1N[C@@H]1CC(=O)N(c2ccc(Br)cc2)C1=O. The Morgan fingerprint density at radius 2 is 1.88 bits per heavy atom. The van der Waals surface area contributed by atoms with E-state index in [4.69, 9.17) is 4.74 Å². The van der Waals surface area contributed by atoms with Gasteiger partial charge in [-0.05, 0) is 43.3 Å². The number of benzene rings is 2. The predicted octanol–water partition coefficient (Wildman–Crippen LogP) is 3.59. The second-order valence-corrected chi connectivity index (χ2v) is 6.29. The highest BCUT2D eigenvalue weighted by Gasteiger charge is 2.39. The molecule has 1 heterocycles. The second kappa shape index (κ2) is 7.05. The molecule has 0 unspecified atom stereocenters. The van der Waals surface area contributed by atoms with E-state index < -0.39 is 6.04 Å². The van der Waals surface area contributed by atoms with Crippen LogP contribution < -0.4 is 15.0 Å². The van der Waals surface area contributed by atoms with Gasteiger partial charge in [-0.1, -0.05) is 28.1 Å². The number of hydrogen-bond acceptors (Lipinski definition) is 4. The molecule has 1 N–H and O–H groups in total. The molecule has 0 radical (unpaired) electrons. The third kappa shape index (κ3) is 3.28. The summed E-state index contributed by atoms with van der Waals surface area (Å²) >= 11 is 3.35. The fourth-order valence-electron chi connectivity index (χ4n) is 2.66. The lowest BCUT2D eigenvalue weighted by Crippen LogP contribution is -2.34. The Kier molecular flexibility index (Phi) is 4.85. The van der Waals surface area contributed by atoms with Gasteiger partial charge in [0.1, 0.15) is 11.8 Å². The molecule has 1 aliphatic rings. The molecule has 6 heteroatoms. The summed E-state index contributed by atoms with van der Waals surface area (Å²) in [7, 11) is 0. The van der Waals surface area contributed by atoms with Crippen LogP contribution in [0.4, 0.5) is 11.4 Å². The van der Waals surface area contributed by atoms with Gasteiger partial charge < -0.3 is 10.1 Å². The smallest absolute Gasteiger partial charge is 0.256 e. The van der Waals surface area contributed by atoms with Crippen LogP contribution in [0.3, 0.4) is 0 Å². The normalized spacial score (nSPS) is 17.2. The summed E-state index contributed by atoms with van der Waals surface area (Å²) in [4.78, 5) is 26.2. The lowest BCUT2D eigenvalue weighted by atomic mass is 10.2. The van der Waals surface area contributed by atoms with E-state index in [0.717, 1.165) is 4.47 Å². The van der Waals surface area contributed by atoms with Gasteiger partial charge in [0, 0.05) is 4.47 Å². The van der Waals surface area contributed by atoms with Gasteiger partial charge in [0.05, 0.1) is 24.4 Å². The highest BCUT2D eigenvalue weighted by atomic mass is 79.9. The van der Waals surface area contributed by atoms with Gasteiger partial charge in [-0.15, -0.1) is 0 Å². The molecule has 1 aliphatic heterocycles. The number of carbonyl (C=O) groups is 2. The van der Waals surface area contributed by atoms with Crippen molar-refractivity contribution >= 4 is 39.1 Å². The Labute approximate surface area is 148 Å². The van der Waals surface area contributed by atoms with Crippen molar-refractivity contribution in [2.75, 3.05) is 16.8 Å². The van der Waals surface area contributed by atoms with E-state index in [1.54, 1.807) is 24.3 Å². The first kappa shape index (κ1) is 16.5. The maximum atomic E-state index is 12.7. The summed E-state index contributed by atoms with van der Waals surface area (Å²) in [6.45, 7) is 2.43. The number of halogens is 1. The van der Waals surface area contributed by atoms with Crippen LogP contribution in [0.25, 0.3) is 0 Å². The van der Waals surface area contributed by atoms with Gasteiger partial charge in [-0.3, -0.25) is 9.59 Å². The third-order valence-corrected chi connectivity index (χ3v) is 4.28. The molecule has 0 bridgehead atoms. The minimum atomic E-state index is -0.595. The van der Waals surface area contributed by atoms with Gasteiger partial charge in [-0.25, -0.2) is 4.90 Å². The average molecular weight is 389 g/mol. The number of imide groups is 1. The number of ether oxygens (including phenoxy) is 1. The molecule has 1 atom stereocenters. The molecule has 2 aromatic rings. The molecule has 2 amide bonds. The van der Waals surface area contributed by atoms with Crippen LogP contribution in [0, 0.1) is 0 Å². The van der Waals surface area contributed by atoms with Crippen molar-refractivity contribution in [1.82, 2.24) is 0 Å². The summed E-state index contributed by atoms with van der Waals surface area (Å²) in [5, 5.41) is 3.14. The standard InChI is InChI=1S/C18H17BrN2O3/c1-2-24-16-6-4-3-5-14(16)20-15-11-17(22)21(18(15)23)13-9-7-12(19)8-10-13/h3-10,15,20H,2,11H2,1H3/t15-/m1/s1. The minimum Gasteiger partial charge on any atom is -0.492 e. The van der Waals surface area contributed by atoms with E-state index in [0.29, 0.717) is 23.7 Å². The van der Waals surface area contributed by atoms with Crippen molar-refractivity contribution < 1.29 is 14.3 Å². The van der Waals surface area contributed by atoms with Crippen molar-refractivity contribution in [2.24, 2.45) is 0 Å². The Balaban J connectivity index is 1.81. The molecule has 124 valence electrons. The van der Waals surface area contributed by atoms with Crippen LogP contribution in [-0.4, -0.2) is 24.5 Å². The van der Waals surface area contributed by atoms with E-state index in [1.807, 2.05) is 31.2 Å². The van der Waals surface area contributed by atoms with E-state index in [1.165, 1.54) is 4.90 Å². The highest BCUT2D eigenvalue weighted by molar-refractivity contribution is 9.10. The first-order chi connectivity index (χ1) is 11.6. The molecule has 0 spiro atoms. The zero-order valence-electron chi connectivity index (χ0n) is 13.2. The summed E-state index contributed by atoms with van der Waals surface area (Å²) in [5.41, 5.74) is 1.29. The number of nitrogens with one attached hydrogen (secondary N) is 1. The second-order valence-electron chi connectivity index (χ2n) is 5.37. The van der Waals surface area contributed by atoms with Gasteiger partial charge in [-0.2, -0.15) is 0 Å². The Morgan fingerprint density at radius 1 is 1.17 bits per heavy atom. The van der Waals surface area contributed by atoms with Crippen LogP contribution in [-0.2, 0) is 9.59 Å². The summed E-state index contributed by atoms with van der Waals surface area (Å²) in [6.07, 6.45) is 0.120. The Hall–Kier alpha value is -2.34. The number of nitrogens with zero attached hydrogens (tertiary/aromatic N) is 1. The number of carbonyl (C=O) groups excluding carboxylic acids is 2. The highest BCUT2D eigenvalue weighted by Crippen LogP contribution is 2.29. The third-order valence-electron chi connectivity index (χ3n) is 3.75. The number of hydrogen-bond donors (Lipinski definition) is 1. The Morgan fingerprint density at radius 3 is 2.58 bits per heavy atom. The molecule has 2 aromatic carbocycles. The van der Waals surface area contributed by atoms with E-state index in [-0.39, 0.29) is 18.2 Å². The van der Waals surface area contributed by atoms with Gasteiger partial charge in [0.15, 0.2) is 0 Å². The quantitative estimate of drug-likeness (QED) is 0.795. The molecular weight excluding hydrogens is 372 g/mol. The summed E-state index contributed by atoms with van der Waals surface area (Å²) in [6, 6.07) is 13.9. The van der Waals surface area contributed by atoms with Crippen LogP contribution in [0.15, 0.2) is 53.0 Å². The molecule has 24 heavy (non-hydrogen) atoms. The fraction of sp³-hybridized carbons (Fsp3) is 0.222. The Bertz CT molecular complexity index is 761. The number of anilines is 2. The van der Waals surface area contributed by atoms with Crippen LogP contribution in [0.5, 0.6) is 5.75 Å². The maximum absolute atomic E-state index is 12.7. The van der Waals surface area contributed by atoms with Crippen molar-refractivity contribution in [3.63, 3.8) is 0 Å². The maximum Gasteiger partial charge on any atom is 0.256 e. The van der Waals surface area contributed by atoms with E-state index in [2.05, 4.69) is 21.2 Å². The topological polar surface area (TPSA) is 58.6 Å². The minimum absolute atomic E-state index is 0.120. The van der Waals surface area contributed by atoms with E-state index in [9.17, 15) is 9.59 Å². The van der Waals surface area contributed by atoms with Crippen LogP contribution in [0.1, 0.15) is 13.3 Å². The monoisotopic (exact) mass is 388 g/mol. The van der Waals surface area contributed by atoms with Crippen LogP contribution in [0.2, 0.25) is 0 Å². The first-order valence-corrected chi connectivity index (χ1v) is 8.50. The zero-order valence-corrected chi connectivity index (χ0v) is 14.7. The number of amides is 2. The molecule has 0 aromatic heterocycles. The summed E-state index contributed by atoms with van der Waals surface area (Å²) < 4.78 is 6.45. The lowest BCUT2D eigenvalue weighted by molar-refractivity contribution is -0.121. The zero-order chi connectivity index (χ0) is 17.1. The number of rotatable bonds is 5. The van der Waals surface area contributed by atoms with Crippen molar-refractivity contribution in [1.29, 1.82) is 0 Å². The van der Waals surface area contributed by atoms with Crippen molar-refractivity contribution in [3.8, 4) is 5.75 Å². The fourth-order valence-corrected chi connectivity index (χ4v) is 2.93. The largest absolute Gasteiger partial charge is 0.492 e. The lowest BCUT2D eigenvalue weighted by Gasteiger charge is -2.17. The predicted molar refractivity (Wildman–Crippen MR) is 96.3 cm³/mol. The average Bonchev–Trinajstić information content (AvgIpc) is 2.85. The molecule has 3 rings (SSSR count). The molecule has 0 saturated carbocycles. The molecular formula is C18H17BrN2O3. The van der Waals surface area contributed by atoms with E-state index >= 15 is 0 Å². The first-order valence-electron chi connectivity index (χ1n) is 7.71. The molecule has 1 saturated heterocycles.